The molecular weight excluding hydrogens is 354 g/mol. The summed E-state index contributed by atoms with van der Waals surface area (Å²) < 4.78 is 6.30. The van der Waals surface area contributed by atoms with Gasteiger partial charge in [-0.15, -0.1) is 0 Å². The molecule has 5 rings (SSSR count). The molecule has 1 atom stereocenters. The van der Waals surface area contributed by atoms with Crippen LogP contribution in [0.2, 0.25) is 0 Å². The van der Waals surface area contributed by atoms with Crippen molar-refractivity contribution in [2.75, 3.05) is 25.0 Å². The number of benzene rings is 1. The van der Waals surface area contributed by atoms with Crippen LogP contribution in [0.15, 0.2) is 24.3 Å². The molecule has 1 saturated carbocycles. The highest BCUT2D eigenvalue weighted by Gasteiger charge is 2.53. The van der Waals surface area contributed by atoms with Crippen LogP contribution >= 0.6 is 0 Å². The van der Waals surface area contributed by atoms with E-state index < -0.39 is 5.66 Å². The number of para-hydroxylation sites is 1. The van der Waals surface area contributed by atoms with E-state index in [4.69, 9.17) is 4.74 Å². The Balaban J connectivity index is 1.24. The van der Waals surface area contributed by atoms with E-state index in [1.54, 1.807) is 0 Å². The lowest BCUT2D eigenvalue weighted by molar-refractivity contribution is -0.141. The van der Waals surface area contributed by atoms with E-state index >= 15 is 0 Å². The lowest BCUT2D eigenvalue weighted by Crippen LogP contribution is -2.59. The van der Waals surface area contributed by atoms with Crippen molar-refractivity contribution in [3.63, 3.8) is 0 Å². The van der Waals surface area contributed by atoms with Gasteiger partial charge < -0.3 is 20.3 Å². The van der Waals surface area contributed by atoms with Gasteiger partial charge in [0.15, 0.2) is 0 Å². The molecule has 1 aromatic carbocycles. The Morgan fingerprint density at radius 3 is 2.61 bits per heavy atom. The highest BCUT2D eigenvalue weighted by Crippen LogP contribution is 2.43. The molecule has 1 aromatic rings. The molecule has 2 spiro atoms. The van der Waals surface area contributed by atoms with Crippen LogP contribution in [-0.2, 0) is 9.53 Å². The largest absolute Gasteiger partial charge is 0.370 e. The van der Waals surface area contributed by atoms with Gasteiger partial charge in [0.2, 0.25) is 5.91 Å². The first-order chi connectivity index (χ1) is 13.6. The summed E-state index contributed by atoms with van der Waals surface area (Å²) in [7, 11) is 0. The minimum atomic E-state index is -0.541. The van der Waals surface area contributed by atoms with Gasteiger partial charge in [0, 0.05) is 31.1 Å². The van der Waals surface area contributed by atoms with E-state index in [1.807, 2.05) is 24.3 Å². The van der Waals surface area contributed by atoms with Crippen molar-refractivity contribution < 1.29 is 14.3 Å². The molecule has 28 heavy (non-hydrogen) atoms. The second-order valence-corrected chi connectivity index (χ2v) is 9.02. The number of rotatable bonds is 1. The number of nitrogens with zero attached hydrogens (tertiary/aromatic N) is 1. The Kier molecular flexibility index (Phi) is 4.34. The Morgan fingerprint density at radius 2 is 1.82 bits per heavy atom. The zero-order valence-electron chi connectivity index (χ0n) is 16.3. The number of nitrogens with one attached hydrogen (secondary N) is 2. The lowest BCUT2D eigenvalue weighted by atomic mass is 9.83. The third kappa shape index (κ3) is 3.08. The summed E-state index contributed by atoms with van der Waals surface area (Å²) in [6.07, 6.45) is 8.17. The Labute approximate surface area is 166 Å². The molecule has 2 amide bonds. The van der Waals surface area contributed by atoms with Crippen molar-refractivity contribution in [2.45, 2.75) is 62.6 Å². The van der Waals surface area contributed by atoms with Crippen LogP contribution < -0.4 is 10.6 Å². The molecular formula is C22H29N3O3. The maximum absolute atomic E-state index is 12.8. The molecule has 4 aliphatic rings. The molecule has 0 aromatic heterocycles. The van der Waals surface area contributed by atoms with Gasteiger partial charge in [0.25, 0.3) is 5.91 Å². The molecule has 6 heteroatoms. The van der Waals surface area contributed by atoms with Crippen LogP contribution in [0, 0.1) is 5.92 Å². The van der Waals surface area contributed by atoms with Crippen LogP contribution in [0.1, 0.15) is 61.7 Å². The topological polar surface area (TPSA) is 70.7 Å². The van der Waals surface area contributed by atoms with Gasteiger partial charge in [0.05, 0.1) is 17.8 Å². The predicted octanol–water partition coefficient (Wildman–Crippen LogP) is 2.90. The van der Waals surface area contributed by atoms with Crippen molar-refractivity contribution in [3.8, 4) is 0 Å². The van der Waals surface area contributed by atoms with Crippen molar-refractivity contribution in [1.29, 1.82) is 0 Å². The summed E-state index contributed by atoms with van der Waals surface area (Å²) in [5.74, 6) is 0.537. The van der Waals surface area contributed by atoms with Gasteiger partial charge in [0.1, 0.15) is 5.66 Å². The summed E-state index contributed by atoms with van der Waals surface area (Å²) in [4.78, 5) is 27.5. The predicted molar refractivity (Wildman–Crippen MR) is 106 cm³/mol. The van der Waals surface area contributed by atoms with E-state index in [9.17, 15) is 9.59 Å². The van der Waals surface area contributed by atoms with Crippen molar-refractivity contribution >= 4 is 17.5 Å². The number of likely N-dealkylation sites (tertiary alicyclic amines) is 1. The van der Waals surface area contributed by atoms with Crippen LogP contribution in [-0.4, -0.2) is 47.7 Å². The fourth-order valence-corrected chi connectivity index (χ4v) is 5.52. The molecule has 2 N–H and O–H groups in total. The zero-order valence-corrected chi connectivity index (χ0v) is 16.3. The van der Waals surface area contributed by atoms with E-state index in [-0.39, 0.29) is 17.4 Å². The first kappa shape index (κ1) is 18.0. The molecule has 1 unspecified atom stereocenters. The van der Waals surface area contributed by atoms with E-state index in [2.05, 4.69) is 15.5 Å². The third-order valence-corrected chi connectivity index (χ3v) is 7.09. The number of hydrogen-bond acceptors (Lipinski definition) is 4. The van der Waals surface area contributed by atoms with E-state index in [0.29, 0.717) is 18.1 Å². The fraction of sp³-hybridized carbons (Fsp3) is 0.636. The molecule has 2 saturated heterocycles. The quantitative estimate of drug-likeness (QED) is 0.782. The summed E-state index contributed by atoms with van der Waals surface area (Å²) in [5, 5.41) is 6.67. The molecule has 0 bridgehead atoms. The van der Waals surface area contributed by atoms with Gasteiger partial charge in [-0.05, 0) is 37.8 Å². The summed E-state index contributed by atoms with van der Waals surface area (Å²) in [5.41, 5.74) is 0.760. The third-order valence-electron chi connectivity index (χ3n) is 7.09. The van der Waals surface area contributed by atoms with E-state index in [0.717, 1.165) is 50.9 Å². The normalized spacial score (nSPS) is 29.4. The number of anilines is 1. The van der Waals surface area contributed by atoms with Gasteiger partial charge in [-0.3, -0.25) is 9.59 Å². The number of carbonyl (C=O) groups excluding carboxylic acids is 2. The minimum Gasteiger partial charge on any atom is -0.370 e. The second kappa shape index (κ2) is 6.76. The minimum absolute atomic E-state index is 0.0417. The average molecular weight is 383 g/mol. The van der Waals surface area contributed by atoms with Crippen LogP contribution in [0.3, 0.4) is 0 Å². The lowest BCUT2D eigenvalue weighted by Gasteiger charge is -2.42. The number of ether oxygens (including phenoxy) is 1. The number of hydrogen-bond donors (Lipinski definition) is 2. The molecule has 150 valence electrons. The summed E-state index contributed by atoms with van der Waals surface area (Å²) in [6, 6.07) is 7.61. The van der Waals surface area contributed by atoms with Crippen molar-refractivity contribution in [1.82, 2.24) is 10.2 Å². The standard InChI is InChI=1S/C22H29N3O3/c26-19-17-8-4-5-9-18(17)23-22(24-19)14-21(28-15-22)10-12-25(13-11-21)20(27)16-6-2-1-3-7-16/h4-5,8-9,16,23H,1-3,6-7,10-15H2,(H,24,26). The highest BCUT2D eigenvalue weighted by atomic mass is 16.5. The fourth-order valence-electron chi connectivity index (χ4n) is 5.52. The smallest absolute Gasteiger partial charge is 0.255 e. The van der Waals surface area contributed by atoms with Crippen molar-refractivity contribution in [3.05, 3.63) is 29.8 Å². The van der Waals surface area contributed by atoms with Crippen LogP contribution in [0.25, 0.3) is 0 Å². The molecule has 6 nitrogen and oxygen atoms in total. The first-order valence-corrected chi connectivity index (χ1v) is 10.7. The first-order valence-electron chi connectivity index (χ1n) is 10.7. The molecule has 3 fully saturated rings. The van der Waals surface area contributed by atoms with Gasteiger partial charge >= 0.3 is 0 Å². The van der Waals surface area contributed by atoms with Gasteiger partial charge in [-0.25, -0.2) is 0 Å². The Hall–Kier alpha value is -2.08. The molecule has 3 aliphatic heterocycles. The highest BCUT2D eigenvalue weighted by molar-refractivity contribution is 6.02. The SMILES string of the molecule is O=C1NC2(COC3(CCN(C(=O)C4CCCCC4)CC3)C2)Nc2ccccc21. The van der Waals surface area contributed by atoms with E-state index in [1.165, 1.54) is 19.3 Å². The Bertz CT molecular complexity index is 781. The Morgan fingerprint density at radius 1 is 1.07 bits per heavy atom. The monoisotopic (exact) mass is 383 g/mol. The van der Waals surface area contributed by atoms with Crippen molar-refractivity contribution in [2.24, 2.45) is 5.92 Å². The maximum Gasteiger partial charge on any atom is 0.255 e. The number of fused-ring (bicyclic) bond motifs is 1. The molecule has 3 heterocycles. The van der Waals surface area contributed by atoms with Gasteiger partial charge in [-0.2, -0.15) is 0 Å². The average Bonchev–Trinajstić information content (AvgIpc) is 3.05. The molecule has 1 aliphatic carbocycles. The van der Waals surface area contributed by atoms with Crippen LogP contribution in [0.5, 0.6) is 0 Å². The summed E-state index contributed by atoms with van der Waals surface area (Å²) >= 11 is 0. The van der Waals surface area contributed by atoms with Crippen LogP contribution in [0.4, 0.5) is 5.69 Å². The second-order valence-electron chi connectivity index (χ2n) is 9.02. The number of amides is 2. The summed E-state index contributed by atoms with van der Waals surface area (Å²) in [6.45, 7) is 1.98. The number of piperidine rings is 1. The number of carbonyl (C=O) groups is 2. The molecule has 0 radical (unpaired) electrons. The van der Waals surface area contributed by atoms with Gasteiger partial charge in [-0.1, -0.05) is 31.4 Å². The maximum atomic E-state index is 12.8. The zero-order chi connectivity index (χ0) is 19.2.